The lowest BCUT2D eigenvalue weighted by Gasteiger charge is -2.21. The molecule has 12 rings (SSSR count). The molecular weight excluding hydrogens is 723 g/mol. The van der Waals surface area contributed by atoms with Crippen molar-refractivity contribution in [3.63, 3.8) is 0 Å². The fourth-order valence-corrected chi connectivity index (χ4v) is 10.5. The van der Waals surface area contributed by atoms with Crippen molar-refractivity contribution < 1.29 is 0 Å². The van der Waals surface area contributed by atoms with Gasteiger partial charge in [0, 0.05) is 42.3 Å². The van der Waals surface area contributed by atoms with E-state index in [4.69, 9.17) is 15.0 Å². The van der Waals surface area contributed by atoms with Crippen LogP contribution in [0.25, 0.3) is 109 Å². The van der Waals surface area contributed by atoms with Crippen LogP contribution in [0, 0.1) is 0 Å². The molecular formula is C54H35N3S. The summed E-state index contributed by atoms with van der Waals surface area (Å²) < 4.78 is 2.47. The molecule has 2 aromatic heterocycles. The van der Waals surface area contributed by atoms with Gasteiger partial charge in [0.05, 0.1) is 0 Å². The third kappa shape index (κ3) is 5.02. The van der Waals surface area contributed by atoms with Gasteiger partial charge in [-0.15, -0.1) is 11.3 Å². The zero-order valence-electron chi connectivity index (χ0n) is 32.0. The molecule has 4 heteroatoms. The predicted octanol–water partition coefficient (Wildman–Crippen LogP) is 14.7. The van der Waals surface area contributed by atoms with Gasteiger partial charge >= 0.3 is 0 Å². The lowest BCUT2D eigenvalue weighted by atomic mass is 9.82. The molecule has 11 aromatic rings. The molecule has 0 radical (unpaired) electrons. The van der Waals surface area contributed by atoms with Crippen LogP contribution in [0.3, 0.4) is 0 Å². The van der Waals surface area contributed by atoms with Crippen molar-refractivity contribution in [2.75, 3.05) is 0 Å². The van der Waals surface area contributed by atoms with Crippen LogP contribution in [-0.4, -0.2) is 15.0 Å². The van der Waals surface area contributed by atoms with Crippen LogP contribution in [0.5, 0.6) is 0 Å². The SMILES string of the molecule is CC1(C)c2ccccc2-c2ccc(-c3nc(-c4ccccc4)nc(-c4ccc5c(c4)sc4ccc(-c6ccc7c8ccccc8c8ccccc8c7c6)cc45)n3)cc21. The Labute approximate surface area is 340 Å². The van der Waals surface area contributed by atoms with Gasteiger partial charge in [-0.2, -0.15) is 0 Å². The van der Waals surface area contributed by atoms with Crippen LogP contribution in [0.2, 0.25) is 0 Å². The second-order valence-corrected chi connectivity index (χ2v) is 17.1. The van der Waals surface area contributed by atoms with Crippen LogP contribution in [0.15, 0.2) is 176 Å². The number of hydrogen-bond donors (Lipinski definition) is 0. The van der Waals surface area contributed by atoms with Crippen LogP contribution in [0.4, 0.5) is 0 Å². The quantitative estimate of drug-likeness (QED) is 0.168. The summed E-state index contributed by atoms with van der Waals surface area (Å²) in [6.07, 6.45) is 0. The van der Waals surface area contributed by atoms with Crippen molar-refractivity contribution in [2.24, 2.45) is 0 Å². The van der Waals surface area contributed by atoms with Crippen molar-refractivity contribution in [3.05, 3.63) is 187 Å². The highest BCUT2D eigenvalue weighted by atomic mass is 32.1. The van der Waals surface area contributed by atoms with Gasteiger partial charge in [-0.05, 0) is 96.0 Å². The minimum absolute atomic E-state index is 0.121. The standard InChI is InChI=1S/C54H35N3S/c1-54(2)47-19-11-10-18-42(47)43-25-21-35(30-48(43)54)52-55-51(32-12-4-3-5-13-32)56-53(57-52)36-22-26-44-46-29-34(23-27-49(46)58-50(44)31-36)33-20-24-41-39-16-7-6-14-37(39)38-15-8-9-17-40(38)45(41)28-33/h3-31H,1-2H3. The zero-order chi connectivity index (χ0) is 38.5. The summed E-state index contributed by atoms with van der Waals surface area (Å²) in [5.41, 5.74) is 10.5. The highest BCUT2D eigenvalue weighted by Gasteiger charge is 2.35. The van der Waals surface area contributed by atoms with E-state index in [1.807, 2.05) is 29.5 Å². The van der Waals surface area contributed by atoms with Crippen molar-refractivity contribution in [2.45, 2.75) is 19.3 Å². The summed E-state index contributed by atoms with van der Waals surface area (Å²) >= 11 is 1.82. The number of rotatable bonds is 4. The summed E-state index contributed by atoms with van der Waals surface area (Å²) in [5.74, 6) is 2.01. The summed E-state index contributed by atoms with van der Waals surface area (Å²) in [6.45, 7) is 4.62. The van der Waals surface area contributed by atoms with Gasteiger partial charge in [0.25, 0.3) is 0 Å². The fraction of sp³-hybridized carbons (Fsp3) is 0.0556. The topological polar surface area (TPSA) is 38.7 Å². The van der Waals surface area contributed by atoms with E-state index < -0.39 is 0 Å². The molecule has 0 aliphatic heterocycles. The predicted molar refractivity (Wildman–Crippen MR) is 245 cm³/mol. The van der Waals surface area contributed by atoms with E-state index in [9.17, 15) is 0 Å². The van der Waals surface area contributed by atoms with E-state index in [0.717, 1.165) is 16.7 Å². The zero-order valence-corrected chi connectivity index (χ0v) is 32.8. The first-order chi connectivity index (χ1) is 28.5. The van der Waals surface area contributed by atoms with Crippen LogP contribution in [0.1, 0.15) is 25.0 Å². The molecule has 0 fully saturated rings. The maximum atomic E-state index is 5.18. The lowest BCUT2D eigenvalue weighted by molar-refractivity contribution is 0.660. The van der Waals surface area contributed by atoms with Gasteiger partial charge in [-0.3, -0.25) is 0 Å². The Morgan fingerprint density at radius 1 is 0.328 bits per heavy atom. The number of benzene rings is 9. The lowest BCUT2D eigenvalue weighted by Crippen LogP contribution is -2.15. The minimum atomic E-state index is -0.121. The number of thiophene rings is 1. The van der Waals surface area contributed by atoms with Gasteiger partial charge in [-0.1, -0.05) is 159 Å². The largest absolute Gasteiger partial charge is 0.208 e. The Kier molecular flexibility index (Phi) is 7.14. The third-order valence-electron chi connectivity index (χ3n) is 12.3. The summed E-state index contributed by atoms with van der Waals surface area (Å²) in [4.78, 5) is 15.4. The van der Waals surface area contributed by atoms with Crippen molar-refractivity contribution in [1.29, 1.82) is 0 Å². The molecule has 1 aliphatic rings. The van der Waals surface area contributed by atoms with Crippen molar-refractivity contribution >= 4 is 63.8 Å². The first-order valence-electron chi connectivity index (χ1n) is 19.8. The third-order valence-corrected chi connectivity index (χ3v) is 13.4. The summed E-state index contributed by atoms with van der Waals surface area (Å²) in [5, 5.41) is 10.2. The molecule has 1 aliphatic carbocycles. The van der Waals surface area contributed by atoms with Crippen LogP contribution in [-0.2, 0) is 5.41 Å². The van der Waals surface area contributed by atoms with Gasteiger partial charge in [0.15, 0.2) is 17.5 Å². The molecule has 0 saturated carbocycles. The molecule has 58 heavy (non-hydrogen) atoms. The molecule has 0 spiro atoms. The molecule has 0 unspecified atom stereocenters. The first-order valence-corrected chi connectivity index (χ1v) is 20.7. The van der Waals surface area contributed by atoms with Crippen LogP contribution < -0.4 is 0 Å². The molecule has 0 N–H and O–H groups in total. The van der Waals surface area contributed by atoms with E-state index in [0.29, 0.717) is 17.5 Å². The molecule has 0 saturated heterocycles. The second-order valence-electron chi connectivity index (χ2n) is 16.0. The Morgan fingerprint density at radius 3 is 1.55 bits per heavy atom. The van der Waals surface area contributed by atoms with Gasteiger partial charge in [0.2, 0.25) is 0 Å². The monoisotopic (exact) mass is 757 g/mol. The van der Waals surface area contributed by atoms with Gasteiger partial charge in [0.1, 0.15) is 0 Å². The summed E-state index contributed by atoms with van der Waals surface area (Å²) in [7, 11) is 0. The normalized spacial score (nSPS) is 13.1. The van der Waals surface area contributed by atoms with Crippen LogP contribution >= 0.6 is 11.3 Å². The highest BCUT2D eigenvalue weighted by molar-refractivity contribution is 7.25. The molecule has 0 amide bonds. The van der Waals surface area contributed by atoms with E-state index in [1.54, 1.807) is 0 Å². The minimum Gasteiger partial charge on any atom is -0.208 e. The molecule has 2 heterocycles. The number of nitrogens with zero attached hydrogens (tertiary/aromatic N) is 3. The number of aromatic nitrogens is 3. The number of hydrogen-bond acceptors (Lipinski definition) is 4. The maximum Gasteiger partial charge on any atom is 0.164 e. The van der Waals surface area contributed by atoms with E-state index in [-0.39, 0.29) is 5.41 Å². The summed E-state index contributed by atoms with van der Waals surface area (Å²) in [6, 6.07) is 63.7. The Balaban J connectivity index is 0.966. The van der Waals surface area contributed by atoms with E-state index in [2.05, 4.69) is 172 Å². The molecule has 0 atom stereocenters. The molecule has 0 bridgehead atoms. The van der Waals surface area contributed by atoms with E-state index >= 15 is 0 Å². The van der Waals surface area contributed by atoms with Gasteiger partial charge in [-0.25, -0.2) is 15.0 Å². The average Bonchev–Trinajstić information content (AvgIpc) is 3.76. The maximum absolute atomic E-state index is 5.18. The molecule has 272 valence electrons. The Hall–Kier alpha value is -7.01. The smallest absolute Gasteiger partial charge is 0.164 e. The molecule has 9 aromatic carbocycles. The number of fused-ring (bicyclic) bond motifs is 12. The van der Waals surface area contributed by atoms with E-state index in [1.165, 1.54) is 85.9 Å². The van der Waals surface area contributed by atoms with Gasteiger partial charge < -0.3 is 0 Å². The molecule has 3 nitrogen and oxygen atoms in total. The van der Waals surface area contributed by atoms with Crippen molar-refractivity contribution in [3.8, 4) is 56.4 Å². The highest BCUT2D eigenvalue weighted by Crippen LogP contribution is 2.49. The van der Waals surface area contributed by atoms with Crippen molar-refractivity contribution in [1.82, 2.24) is 15.0 Å². The Morgan fingerprint density at radius 2 is 0.828 bits per heavy atom. The fourth-order valence-electron chi connectivity index (χ4n) is 9.38. The average molecular weight is 758 g/mol. The first kappa shape index (κ1) is 33.2. The Bertz CT molecular complexity index is 3450. The second kappa shape index (κ2) is 12.5.